The molecule has 0 aliphatic rings. The lowest BCUT2D eigenvalue weighted by Crippen LogP contribution is -2.45. The molecule has 0 spiro atoms. The summed E-state index contributed by atoms with van der Waals surface area (Å²) in [6.07, 6.45) is 4.02. The van der Waals surface area contributed by atoms with E-state index in [4.69, 9.17) is 0 Å². The Labute approximate surface area is 170 Å². The average Bonchev–Trinajstić information content (AvgIpc) is 2.69. The molecule has 2 atom stereocenters. The molecule has 152 valence electrons. The summed E-state index contributed by atoms with van der Waals surface area (Å²) in [5.41, 5.74) is 0.827. The van der Waals surface area contributed by atoms with Gasteiger partial charge < -0.3 is 4.90 Å². The number of hydrogen-bond donors (Lipinski definition) is 0. The van der Waals surface area contributed by atoms with Crippen LogP contribution in [-0.4, -0.2) is 31.2 Å². The van der Waals surface area contributed by atoms with Gasteiger partial charge in [-0.05, 0) is 38.8 Å². The number of benzene rings is 2. The molecule has 28 heavy (non-hydrogen) atoms. The Morgan fingerprint density at radius 1 is 0.857 bits per heavy atom. The van der Waals surface area contributed by atoms with Crippen LogP contribution in [0.1, 0.15) is 58.9 Å². The predicted molar refractivity (Wildman–Crippen MR) is 117 cm³/mol. The minimum atomic E-state index is -3.80. The van der Waals surface area contributed by atoms with Crippen LogP contribution in [0, 0.1) is 0 Å². The highest BCUT2D eigenvalue weighted by Crippen LogP contribution is 2.22. The average molecular weight is 401 g/mol. The van der Waals surface area contributed by atoms with Crippen LogP contribution >= 0.6 is 0 Å². The molecule has 0 radical (unpaired) electrons. The summed E-state index contributed by atoms with van der Waals surface area (Å²) in [4.78, 5) is 2.41. The Hall–Kier alpha value is -2.14. The molecular weight excluding hydrogens is 368 g/mol. The lowest BCUT2D eigenvalue weighted by Gasteiger charge is -2.37. The quantitative estimate of drug-likeness (QED) is 0.412. The van der Waals surface area contributed by atoms with Crippen molar-refractivity contribution >= 4 is 15.9 Å². The van der Waals surface area contributed by atoms with E-state index in [1.54, 1.807) is 30.3 Å². The van der Waals surface area contributed by atoms with Crippen LogP contribution in [0.2, 0.25) is 0 Å². The molecule has 0 aliphatic carbocycles. The van der Waals surface area contributed by atoms with Gasteiger partial charge in [0, 0.05) is 17.6 Å². The van der Waals surface area contributed by atoms with Crippen LogP contribution < -0.4 is 0 Å². The van der Waals surface area contributed by atoms with Crippen molar-refractivity contribution in [3.8, 4) is 0 Å². The van der Waals surface area contributed by atoms with Gasteiger partial charge in [-0.3, -0.25) is 0 Å². The maximum Gasteiger partial charge on any atom is 0.284 e. The molecule has 0 fully saturated rings. The van der Waals surface area contributed by atoms with Gasteiger partial charge in [-0.15, -0.1) is 4.40 Å². The van der Waals surface area contributed by atoms with Crippen LogP contribution in [0.25, 0.3) is 0 Å². The smallest absolute Gasteiger partial charge is 0.284 e. The zero-order chi connectivity index (χ0) is 20.6. The van der Waals surface area contributed by atoms with Crippen molar-refractivity contribution in [3.05, 3.63) is 66.2 Å². The molecule has 0 aromatic heterocycles. The molecule has 2 aromatic rings. The van der Waals surface area contributed by atoms with Crippen LogP contribution in [0.4, 0.5) is 0 Å². The molecule has 2 rings (SSSR count). The summed E-state index contributed by atoms with van der Waals surface area (Å²) in [6.45, 7) is 8.62. The zero-order valence-corrected chi connectivity index (χ0v) is 18.2. The number of hydrogen-bond acceptors (Lipinski definition) is 2. The molecule has 0 N–H and O–H groups in total. The van der Waals surface area contributed by atoms with E-state index in [9.17, 15) is 8.42 Å². The third-order valence-electron chi connectivity index (χ3n) is 4.89. The fraction of sp³-hybridized carbons (Fsp3) is 0.435. The Bertz CT molecular complexity index is 837. The standard InChI is InChI=1S/C23H32N2O2S/c1-5-13-19(3)25(20(4)14-6-2)23(21-15-9-7-10-16-21)24-28(26,27)22-17-11-8-12-18-22/h7-12,15-20H,5-6,13-14H2,1-4H3/b24-23+. The number of rotatable bonds is 9. The molecule has 0 saturated carbocycles. The fourth-order valence-corrected chi connectivity index (χ4v) is 4.59. The van der Waals surface area contributed by atoms with Crippen molar-refractivity contribution in [2.45, 2.75) is 70.4 Å². The summed E-state index contributed by atoms with van der Waals surface area (Å²) in [7, 11) is -3.80. The number of nitrogens with zero attached hydrogens (tertiary/aromatic N) is 2. The first-order valence-electron chi connectivity index (χ1n) is 10.1. The summed E-state index contributed by atoms with van der Waals surface area (Å²) >= 11 is 0. The lowest BCUT2D eigenvalue weighted by atomic mass is 10.0. The topological polar surface area (TPSA) is 49.7 Å². The Balaban J connectivity index is 2.63. The van der Waals surface area contributed by atoms with Crippen LogP contribution in [0.15, 0.2) is 70.0 Å². The van der Waals surface area contributed by atoms with Crippen molar-refractivity contribution in [2.75, 3.05) is 0 Å². The third kappa shape index (κ3) is 5.68. The highest BCUT2D eigenvalue weighted by atomic mass is 32.2. The van der Waals surface area contributed by atoms with Crippen molar-refractivity contribution in [3.63, 3.8) is 0 Å². The minimum Gasteiger partial charge on any atom is -0.350 e. The van der Waals surface area contributed by atoms with Crippen molar-refractivity contribution in [1.82, 2.24) is 4.90 Å². The largest absolute Gasteiger partial charge is 0.350 e. The van der Waals surface area contributed by atoms with Gasteiger partial charge in [0.25, 0.3) is 10.0 Å². The third-order valence-corrected chi connectivity index (χ3v) is 6.17. The summed E-state index contributed by atoms with van der Waals surface area (Å²) in [5, 5.41) is 0. The molecule has 5 heteroatoms. The zero-order valence-electron chi connectivity index (χ0n) is 17.4. The van der Waals surface area contributed by atoms with E-state index in [1.165, 1.54) is 0 Å². The van der Waals surface area contributed by atoms with Gasteiger partial charge >= 0.3 is 0 Å². The first-order valence-corrected chi connectivity index (χ1v) is 11.6. The number of amidine groups is 1. The van der Waals surface area contributed by atoms with Crippen molar-refractivity contribution < 1.29 is 8.42 Å². The highest BCUT2D eigenvalue weighted by molar-refractivity contribution is 7.90. The molecule has 0 amide bonds. The van der Waals surface area contributed by atoms with E-state index in [-0.39, 0.29) is 17.0 Å². The Morgan fingerprint density at radius 3 is 1.79 bits per heavy atom. The summed E-state index contributed by atoms with van der Waals surface area (Å²) < 4.78 is 30.5. The van der Waals surface area contributed by atoms with E-state index >= 15 is 0 Å². The molecule has 2 unspecified atom stereocenters. The van der Waals surface area contributed by atoms with E-state index in [2.05, 4.69) is 37.0 Å². The van der Waals surface area contributed by atoms with Gasteiger partial charge in [-0.25, -0.2) is 0 Å². The second-order valence-electron chi connectivity index (χ2n) is 7.25. The Kier molecular flexibility index (Phi) is 8.24. The first-order chi connectivity index (χ1) is 13.4. The number of sulfonamides is 1. The van der Waals surface area contributed by atoms with E-state index in [0.29, 0.717) is 5.84 Å². The molecule has 0 saturated heterocycles. The Morgan fingerprint density at radius 2 is 1.32 bits per heavy atom. The highest BCUT2D eigenvalue weighted by Gasteiger charge is 2.26. The maximum atomic E-state index is 13.1. The monoisotopic (exact) mass is 400 g/mol. The molecule has 4 nitrogen and oxygen atoms in total. The first kappa shape index (κ1) is 22.2. The lowest BCUT2D eigenvalue weighted by molar-refractivity contribution is 0.239. The van der Waals surface area contributed by atoms with E-state index in [0.717, 1.165) is 31.2 Å². The van der Waals surface area contributed by atoms with Gasteiger partial charge in [0.05, 0.1) is 4.90 Å². The van der Waals surface area contributed by atoms with Gasteiger partial charge in [0.2, 0.25) is 0 Å². The van der Waals surface area contributed by atoms with Gasteiger partial charge in [-0.2, -0.15) is 8.42 Å². The van der Waals surface area contributed by atoms with E-state index in [1.807, 2.05) is 30.3 Å². The second-order valence-corrected chi connectivity index (χ2v) is 8.86. The minimum absolute atomic E-state index is 0.191. The maximum absolute atomic E-state index is 13.1. The SMILES string of the molecule is CCCC(C)N(/C(=N/S(=O)(=O)c1ccccc1)c1ccccc1)C(C)CCC. The van der Waals surface area contributed by atoms with Crippen molar-refractivity contribution in [1.29, 1.82) is 0 Å². The normalized spacial score (nSPS) is 14.5. The summed E-state index contributed by atoms with van der Waals surface area (Å²) in [6, 6.07) is 18.5. The molecular formula is C23H32N2O2S. The molecule has 0 heterocycles. The van der Waals surface area contributed by atoms with Gasteiger partial charge in [0.1, 0.15) is 5.84 Å². The fourth-order valence-electron chi connectivity index (χ4n) is 3.56. The van der Waals surface area contributed by atoms with Crippen LogP contribution in [0.3, 0.4) is 0 Å². The second kappa shape index (κ2) is 10.4. The molecule has 2 aromatic carbocycles. The summed E-state index contributed by atoms with van der Waals surface area (Å²) in [5.74, 6) is 0.534. The van der Waals surface area contributed by atoms with E-state index < -0.39 is 10.0 Å². The molecule has 0 aliphatic heterocycles. The predicted octanol–water partition coefficient (Wildman–Crippen LogP) is 5.50. The molecule has 0 bridgehead atoms. The van der Waals surface area contributed by atoms with Gasteiger partial charge in [-0.1, -0.05) is 75.2 Å². The van der Waals surface area contributed by atoms with Crippen LogP contribution in [0.5, 0.6) is 0 Å². The van der Waals surface area contributed by atoms with Gasteiger partial charge in [0.15, 0.2) is 0 Å². The van der Waals surface area contributed by atoms with Crippen molar-refractivity contribution in [2.24, 2.45) is 4.40 Å². The van der Waals surface area contributed by atoms with Crippen LogP contribution in [-0.2, 0) is 10.0 Å².